The second-order valence-corrected chi connectivity index (χ2v) is 8.93. The van der Waals surface area contributed by atoms with E-state index in [-0.39, 0.29) is 0 Å². The van der Waals surface area contributed by atoms with Gasteiger partial charge in [0, 0.05) is 18.2 Å². The van der Waals surface area contributed by atoms with Crippen molar-refractivity contribution in [3.63, 3.8) is 0 Å². The number of hydrogen-bond donors (Lipinski definition) is 0. The summed E-state index contributed by atoms with van der Waals surface area (Å²) in [6, 6.07) is 22.7. The molecule has 1 nitrogen and oxygen atoms in total. The van der Waals surface area contributed by atoms with Crippen molar-refractivity contribution in [3.05, 3.63) is 71.8 Å². The average Bonchev–Trinajstić information content (AvgIpc) is 2.81. The van der Waals surface area contributed by atoms with Crippen LogP contribution < -0.4 is 0 Å². The van der Waals surface area contributed by atoms with Gasteiger partial charge < -0.3 is 0 Å². The Kier molecular flexibility index (Phi) is 7.44. The Morgan fingerprint density at radius 1 is 0.724 bits per heavy atom. The molecular formula is C28H35N. The van der Waals surface area contributed by atoms with E-state index in [1.165, 1.54) is 69.8 Å². The van der Waals surface area contributed by atoms with Crippen molar-refractivity contribution >= 4 is 0 Å². The minimum absolute atomic E-state index is 0.374. The number of benzene rings is 2. The minimum Gasteiger partial charge on any atom is -0.282 e. The van der Waals surface area contributed by atoms with E-state index < -0.39 is 0 Å². The Morgan fingerprint density at radius 3 is 1.97 bits per heavy atom. The number of rotatable bonds is 5. The predicted octanol–water partition coefficient (Wildman–Crippen LogP) is 6.82. The largest absolute Gasteiger partial charge is 0.282 e. The van der Waals surface area contributed by atoms with Crippen molar-refractivity contribution in [1.29, 1.82) is 0 Å². The van der Waals surface area contributed by atoms with Crippen LogP contribution in [0, 0.1) is 17.8 Å². The van der Waals surface area contributed by atoms with Gasteiger partial charge in [-0.2, -0.15) is 0 Å². The highest BCUT2D eigenvalue weighted by Gasteiger charge is 2.32. The molecule has 2 aromatic carbocycles. The molecule has 0 saturated heterocycles. The summed E-state index contributed by atoms with van der Waals surface area (Å²) in [7, 11) is 0. The smallest absolute Gasteiger partial charge is 0.0752 e. The van der Waals surface area contributed by atoms with Crippen molar-refractivity contribution in [2.45, 2.75) is 82.8 Å². The highest BCUT2D eigenvalue weighted by Crippen LogP contribution is 2.34. The van der Waals surface area contributed by atoms with Crippen molar-refractivity contribution in [2.24, 2.45) is 5.92 Å². The Labute approximate surface area is 177 Å². The summed E-state index contributed by atoms with van der Waals surface area (Å²) >= 11 is 0. The van der Waals surface area contributed by atoms with E-state index in [9.17, 15) is 0 Å². The van der Waals surface area contributed by atoms with Crippen LogP contribution in [0.25, 0.3) is 0 Å². The first-order valence-electron chi connectivity index (χ1n) is 11.8. The Balaban J connectivity index is 1.65. The fraction of sp³-hybridized carbons (Fsp3) is 0.500. The van der Waals surface area contributed by atoms with Crippen molar-refractivity contribution in [2.75, 3.05) is 0 Å². The van der Waals surface area contributed by atoms with Crippen molar-refractivity contribution < 1.29 is 0 Å². The van der Waals surface area contributed by atoms with Gasteiger partial charge in [-0.25, -0.2) is 0 Å². The monoisotopic (exact) mass is 385 g/mol. The van der Waals surface area contributed by atoms with Crippen LogP contribution in [0.2, 0.25) is 0 Å². The third-order valence-electron chi connectivity index (χ3n) is 6.84. The maximum Gasteiger partial charge on any atom is 0.0752 e. The van der Waals surface area contributed by atoms with Gasteiger partial charge in [0.25, 0.3) is 0 Å². The van der Waals surface area contributed by atoms with Crippen LogP contribution in [0.5, 0.6) is 0 Å². The van der Waals surface area contributed by atoms with E-state index in [2.05, 4.69) is 77.4 Å². The normalized spacial score (nSPS) is 19.5. The topological polar surface area (TPSA) is 3.24 Å². The summed E-state index contributed by atoms with van der Waals surface area (Å²) in [6.07, 6.45) is 13.6. The van der Waals surface area contributed by atoms with E-state index in [1.54, 1.807) is 0 Å². The van der Waals surface area contributed by atoms with Gasteiger partial charge in [0.2, 0.25) is 0 Å². The lowest BCUT2D eigenvalue weighted by molar-refractivity contribution is 0.0785. The molecule has 0 heterocycles. The molecule has 0 aromatic heterocycles. The van der Waals surface area contributed by atoms with Gasteiger partial charge in [-0.05, 0) is 49.3 Å². The second kappa shape index (κ2) is 10.7. The molecule has 2 aromatic rings. The zero-order valence-corrected chi connectivity index (χ0v) is 17.7. The fourth-order valence-electron chi connectivity index (χ4n) is 5.26. The summed E-state index contributed by atoms with van der Waals surface area (Å²) < 4.78 is 0. The number of hydrogen-bond acceptors (Lipinski definition) is 1. The Hall–Kier alpha value is -2.04. The average molecular weight is 386 g/mol. The fourth-order valence-corrected chi connectivity index (χ4v) is 5.26. The van der Waals surface area contributed by atoms with Gasteiger partial charge in [0.1, 0.15) is 0 Å². The SMILES string of the molecule is C(#CC(C1CCCCC1)N(Cc1ccccc1)C1CCCCC1)c1ccccc1. The molecular weight excluding hydrogens is 350 g/mol. The Bertz CT molecular complexity index is 773. The lowest BCUT2D eigenvalue weighted by atomic mass is 9.81. The van der Waals surface area contributed by atoms with Crippen LogP contribution in [0.4, 0.5) is 0 Å². The first kappa shape index (κ1) is 20.2. The maximum atomic E-state index is 3.80. The van der Waals surface area contributed by atoms with Gasteiger partial charge >= 0.3 is 0 Å². The van der Waals surface area contributed by atoms with Crippen LogP contribution in [0.15, 0.2) is 60.7 Å². The van der Waals surface area contributed by atoms with Gasteiger partial charge in [-0.15, -0.1) is 0 Å². The van der Waals surface area contributed by atoms with Crippen LogP contribution in [0.3, 0.4) is 0 Å². The van der Waals surface area contributed by atoms with Gasteiger partial charge in [0.05, 0.1) is 6.04 Å². The van der Waals surface area contributed by atoms with E-state index >= 15 is 0 Å². The molecule has 0 amide bonds. The summed E-state index contributed by atoms with van der Waals surface area (Å²) in [5, 5.41) is 0. The second-order valence-electron chi connectivity index (χ2n) is 8.93. The van der Waals surface area contributed by atoms with E-state index in [0.717, 1.165) is 12.1 Å². The molecule has 2 saturated carbocycles. The quantitative estimate of drug-likeness (QED) is 0.510. The van der Waals surface area contributed by atoms with Gasteiger partial charge in [0.15, 0.2) is 0 Å². The van der Waals surface area contributed by atoms with Crippen LogP contribution in [-0.4, -0.2) is 17.0 Å². The Morgan fingerprint density at radius 2 is 1.31 bits per heavy atom. The number of nitrogens with zero attached hydrogens (tertiary/aromatic N) is 1. The summed E-state index contributed by atoms with van der Waals surface area (Å²) in [6.45, 7) is 1.04. The summed E-state index contributed by atoms with van der Waals surface area (Å²) in [5.74, 6) is 8.07. The molecule has 2 aliphatic rings. The molecule has 2 aliphatic carbocycles. The highest BCUT2D eigenvalue weighted by molar-refractivity contribution is 5.35. The molecule has 0 spiro atoms. The molecule has 2 fully saturated rings. The molecule has 4 rings (SSSR count). The highest BCUT2D eigenvalue weighted by atomic mass is 15.2. The molecule has 152 valence electrons. The standard InChI is InChI=1S/C28H35N/c1-5-13-24(14-6-1)21-22-28(26-17-9-3-10-18-26)29(27-19-11-4-12-20-27)23-25-15-7-2-8-16-25/h1-2,5-8,13-16,26-28H,3-4,9-12,17-20,23H2. The van der Waals surface area contributed by atoms with Crippen LogP contribution >= 0.6 is 0 Å². The molecule has 1 atom stereocenters. The first-order valence-corrected chi connectivity index (χ1v) is 11.8. The predicted molar refractivity (Wildman–Crippen MR) is 123 cm³/mol. The zero-order valence-electron chi connectivity index (χ0n) is 17.7. The van der Waals surface area contributed by atoms with Gasteiger partial charge in [-0.3, -0.25) is 4.90 Å². The first-order chi connectivity index (χ1) is 14.4. The molecule has 1 unspecified atom stereocenters. The molecule has 0 radical (unpaired) electrons. The zero-order chi connectivity index (χ0) is 19.7. The van der Waals surface area contributed by atoms with Crippen molar-refractivity contribution in [1.82, 2.24) is 4.90 Å². The third kappa shape index (κ3) is 5.74. The third-order valence-corrected chi connectivity index (χ3v) is 6.84. The van der Waals surface area contributed by atoms with Gasteiger partial charge in [-0.1, -0.05) is 98.9 Å². The summed E-state index contributed by atoms with van der Waals surface area (Å²) in [5.41, 5.74) is 2.58. The van der Waals surface area contributed by atoms with Crippen LogP contribution in [-0.2, 0) is 6.54 Å². The lowest BCUT2D eigenvalue weighted by Gasteiger charge is -2.42. The van der Waals surface area contributed by atoms with Crippen LogP contribution in [0.1, 0.15) is 75.3 Å². The van der Waals surface area contributed by atoms with E-state index in [1.807, 2.05) is 0 Å². The molecule has 29 heavy (non-hydrogen) atoms. The summed E-state index contributed by atoms with van der Waals surface area (Å²) in [4.78, 5) is 2.81. The molecule has 0 N–H and O–H groups in total. The van der Waals surface area contributed by atoms with E-state index in [4.69, 9.17) is 0 Å². The van der Waals surface area contributed by atoms with E-state index in [0.29, 0.717) is 18.0 Å². The van der Waals surface area contributed by atoms with Crippen molar-refractivity contribution in [3.8, 4) is 11.8 Å². The molecule has 0 bridgehead atoms. The lowest BCUT2D eigenvalue weighted by Crippen LogP contribution is -2.47. The molecule has 0 aliphatic heterocycles. The minimum atomic E-state index is 0.374. The maximum absolute atomic E-state index is 3.80. The molecule has 1 heteroatoms.